The van der Waals surface area contributed by atoms with Crippen LogP contribution in [0.5, 0.6) is 0 Å². The molecule has 0 aromatic heterocycles. The van der Waals surface area contributed by atoms with Gasteiger partial charge in [0.25, 0.3) is 0 Å². The molecule has 0 aliphatic heterocycles. The van der Waals surface area contributed by atoms with Crippen LogP contribution in [0.1, 0.15) is 15.9 Å². The van der Waals surface area contributed by atoms with Gasteiger partial charge in [-0.3, -0.25) is 4.79 Å². The summed E-state index contributed by atoms with van der Waals surface area (Å²) in [7, 11) is 0. The van der Waals surface area contributed by atoms with Crippen molar-refractivity contribution in [2.75, 3.05) is 0 Å². The average Bonchev–Trinajstić information content (AvgIpc) is 2.04. The third kappa shape index (κ3) is 2.17. The molecule has 0 heterocycles. The molecule has 0 amide bonds. The Bertz CT molecular complexity index is 273. The van der Waals surface area contributed by atoms with Crippen LogP contribution in [-0.2, 0) is 4.43 Å². The molecule has 0 radical (unpaired) electrons. The van der Waals surface area contributed by atoms with Crippen molar-refractivity contribution in [1.29, 1.82) is 0 Å². The van der Waals surface area contributed by atoms with Gasteiger partial charge in [0, 0.05) is 15.0 Å². The molecule has 0 N–H and O–H groups in total. The third-order valence-corrected chi connectivity index (χ3v) is 2.43. The highest BCUT2D eigenvalue weighted by molar-refractivity contribution is 14.1. The van der Waals surface area contributed by atoms with Crippen LogP contribution in [-0.4, -0.2) is 6.29 Å². The van der Waals surface area contributed by atoms with Crippen molar-refractivity contribution >= 4 is 40.5 Å². The minimum atomic E-state index is 0.683. The molecule has 1 rings (SSSR count). The predicted molar refractivity (Wildman–Crippen MR) is 54.6 cm³/mol. The molecule has 0 spiro atoms. The molecule has 3 heteroatoms. The van der Waals surface area contributed by atoms with Crippen LogP contribution in [0, 0.1) is 0 Å². The topological polar surface area (TPSA) is 17.1 Å². The molecule has 1 nitrogen and oxygen atoms in total. The van der Waals surface area contributed by atoms with Crippen molar-refractivity contribution < 1.29 is 4.79 Å². The lowest BCUT2D eigenvalue weighted by atomic mass is 10.1. The Morgan fingerprint density at radius 3 is 2.82 bits per heavy atom. The van der Waals surface area contributed by atoms with Gasteiger partial charge in [0.1, 0.15) is 6.29 Å². The van der Waals surface area contributed by atoms with Crippen LogP contribution in [0.2, 0.25) is 5.02 Å². The largest absolute Gasteiger partial charge is 0.298 e. The zero-order valence-corrected chi connectivity index (χ0v) is 8.59. The lowest BCUT2D eigenvalue weighted by Gasteiger charge is -1.99. The fraction of sp³-hybridized carbons (Fsp3) is 0.125. The fourth-order valence-corrected chi connectivity index (χ4v) is 1.66. The number of rotatable bonds is 2. The lowest BCUT2D eigenvalue weighted by molar-refractivity contribution is 0.112. The van der Waals surface area contributed by atoms with Crippen LogP contribution in [0.25, 0.3) is 0 Å². The molecular formula is C8H6ClIO. The summed E-state index contributed by atoms with van der Waals surface area (Å²) in [5.74, 6) is 0. The van der Waals surface area contributed by atoms with E-state index in [9.17, 15) is 4.79 Å². The zero-order valence-electron chi connectivity index (χ0n) is 5.68. The van der Waals surface area contributed by atoms with Crippen LogP contribution in [0.15, 0.2) is 18.2 Å². The van der Waals surface area contributed by atoms with Crippen molar-refractivity contribution in [3.05, 3.63) is 34.3 Å². The Kier molecular flexibility index (Phi) is 3.33. The molecular weight excluding hydrogens is 274 g/mol. The molecule has 0 fully saturated rings. The number of benzene rings is 1. The zero-order chi connectivity index (χ0) is 8.27. The minimum Gasteiger partial charge on any atom is -0.298 e. The second-order valence-electron chi connectivity index (χ2n) is 2.09. The first-order chi connectivity index (χ1) is 5.27. The van der Waals surface area contributed by atoms with Gasteiger partial charge in [-0.2, -0.15) is 0 Å². The predicted octanol–water partition coefficient (Wildman–Crippen LogP) is 3.09. The molecule has 1 aromatic carbocycles. The quantitative estimate of drug-likeness (QED) is 0.462. The van der Waals surface area contributed by atoms with Crippen LogP contribution >= 0.6 is 34.2 Å². The van der Waals surface area contributed by atoms with Crippen molar-refractivity contribution in [3.63, 3.8) is 0 Å². The van der Waals surface area contributed by atoms with Gasteiger partial charge >= 0.3 is 0 Å². The molecule has 11 heavy (non-hydrogen) atoms. The summed E-state index contributed by atoms with van der Waals surface area (Å²) in [6.45, 7) is 0. The molecule has 0 atom stereocenters. The van der Waals surface area contributed by atoms with Gasteiger partial charge in [0.15, 0.2) is 0 Å². The Morgan fingerprint density at radius 2 is 2.27 bits per heavy atom. The number of hydrogen-bond donors (Lipinski definition) is 0. The number of halogens is 2. The van der Waals surface area contributed by atoms with Crippen molar-refractivity contribution in [2.24, 2.45) is 0 Å². The third-order valence-electron chi connectivity index (χ3n) is 1.38. The Morgan fingerprint density at radius 1 is 1.55 bits per heavy atom. The SMILES string of the molecule is O=Cc1ccc(Cl)cc1CI. The molecule has 1 aromatic rings. The summed E-state index contributed by atoms with van der Waals surface area (Å²) < 4.78 is 0.812. The smallest absolute Gasteiger partial charge is 0.150 e. The van der Waals surface area contributed by atoms with E-state index in [1.807, 2.05) is 6.07 Å². The maximum atomic E-state index is 10.5. The highest BCUT2D eigenvalue weighted by Gasteiger charge is 1.99. The maximum absolute atomic E-state index is 10.5. The van der Waals surface area contributed by atoms with Crippen molar-refractivity contribution in [1.82, 2.24) is 0 Å². The Labute approximate surface area is 83.9 Å². The molecule has 0 aliphatic rings. The summed E-state index contributed by atoms with van der Waals surface area (Å²) >= 11 is 7.93. The normalized spacial score (nSPS) is 9.64. The second kappa shape index (κ2) is 4.07. The summed E-state index contributed by atoms with van der Waals surface area (Å²) in [6, 6.07) is 5.28. The van der Waals surface area contributed by atoms with E-state index in [4.69, 9.17) is 11.6 Å². The molecule has 0 aliphatic carbocycles. The van der Waals surface area contributed by atoms with Gasteiger partial charge in [-0.05, 0) is 23.8 Å². The van der Waals surface area contributed by atoms with Gasteiger partial charge in [-0.1, -0.05) is 34.2 Å². The first kappa shape index (κ1) is 9.00. The molecule has 0 saturated heterocycles. The molecule has 0 bridgehead atoms. The fourth-order valence-electron chi connectivity index (χ4n) is 0.805. The number of carbonyl (C=O) groups is 1. The monoisotopic (exact) mass is 280 g/mol. The maximum Gasteiger partial charge on any atom is 0.150 e. The van der Waals surface area contributed by atoms with Crippen LogP contribution in [0.3, 0.4) is 0 Å². The van der Waals surface area contributed by atoms with Gasteiger partial charge in [-0.15, -0.1) is 0 Å². The van der Waals surface area contributed by atoms with E-state index in [2.05, 4.69) is 22.6 Å². The molecule has 58 valence electrons. The lowest BCUT2D eigenvalue weighted by Crippen LogP contribution is -1.87. The minimum absolute atomic E-state index is 0.683. The van der Waals surface area contributed by atoms with Gasteiger partial charge in [0.2, 0.25) is 0 Å². The van der Waals surface area contributed by atoms with E-state index in [1.54, 1.807) is 12.1 Å². The highest BCUT2D eigenvalue weighted by atomic mass is 127. The number of alkyl halides is 1. The van der Waals surface area contributed by atoms with E-state index in [-0.39, 0.29) is 0 Å². The second-order valence-corrected chi connectivity index (χ2v) is 3.29. The van der Waals surface area contributed by atoms with Crippen molar-refractivity contribution in [2.45, 2.75) is 4.43 Å². The van der Waals surface area contributed by atoms with Gasteiger partial charge in [0.05, 0.1) is 0 Å². The van der Waals surface area contributed by atoms with Crippen LogP contribution in [0.4, 0.5) is 0 Å². The summed E-state index contributed by atoms with van der Waals surface area (Å²) in [5, 5.41) is 0.683. The number of hydrogen-bond acceptors (Lipinski definition) is 1. The summed E-state index contributed by atoms with van der Waals surface area (Å²) in [5.41, 5.74) is 1.72. The van der Waals surface area contributed by atoms with E-state index in [0.29, 0.717) is 5.02 Å². The van der Waals surface area contributed by atoms with E-state index in [0.717, 1.165) is 21.8 Å². The van der Waals surface area contributed by atoms with E-state index in [1.165, 1.54) is 0 Å². The first-order valence-corrected chi connectivity index (χ1v) is 4.98. The Hall–Kier alpha value is -0.0900. The molecule has 0 unspecified atom stereocenters. The van der Waals surface area contributed by atoms with E-state index >= 15 is 0 Å². The summed E-state index contributed by atoms with van der Waals surface area (Å²) in [6.07, 6.45) is 0.852. The van der Waals surface area contributed by atoms with E-state index < -0.39 is 0 Å². The van der Waals surface area contributed by atoms with Gasteiger partial charge < -0.3 is 0 Å². The standard InChI is InChI=1S/C8H6ClIO/c9-8-2-1-6(5-11)7(3-8)4-10/h1-3,5H,4H2. The van der Waals surface area contributed by atoms with Crippen molar-refractivity contribution in [3.8, 4) is 0 Å². The molecule has 0 saturated carbocycles. The highest BCUT2D eigenvalue weighted by Crippen LogP contribution is 2.17. The summed E-state index contributed by atoms with van der Waals surface area (Å²) in [4.78, 5) is 10.5. The average molecular weight is 280 g/mol. The van der Waals surface area contributed by atoms with Gasteiger partial charge in [-0.25, -0.2) is 0 Å². The Balaban J connectivity index is 3.16. The number of carbonyl (C=O) groups excluding carboxylic acids is 1. The van der Waals surface area contributed by atoms with Crippen LogP contribution < -0.4 is 0 Å². The number of aldehydes is 1. The first-order valence-electron chi connectivity index (χ1n) is 3.07.